The second kappa shape index (κ2) is 9.97. The van der Waals surface area contributed by atoms with E-state index in [4.69, 9.17) is 4.74 Å². The summed E-state index contributed by atoms with van der Waals surface area (Å²) in [6.07, 6.45) is 1.81. The van der Waals surface area contributed by atoms with Crippen LogP contribution in [0, 0.1) is 11.8 Å². The molecule has 2 saturated heterocycles. The maximum absolute atomic E-state index is 13.1. The molecule has 0 radical (unpaired) electrons. The van der Waals surface area contributed by atoms with Crippen LogP contribution in [0.4, 0.5) is 9.59 Å². The average molecular weight is 549 g/mol. The zero-order valence-corrected chi connectivity index (χ0v) is 21.8. The van der Waals surface area contributed by atoms with Gasteiger partial charge in [-0.25, -0.2) is 9.59 Å². The van der Waals surface area contributed by atoms with E-state index in [9.17, 15) is 24.0 Å². The number of hydrogen-bond acceptors (Lipinski definition) is 8. The number of fused-ring (bicyclic) bond motifs is 1. The van der Waals surface area contributed by atoms with Crippen molar-refractivity contribution < 1.29 is 28.7 Å². The lowest BCUT2D eigenvalue weighted by Crippen LogP contribution is -2.54. The minimum atomic E-state index is -1.67. The van der Waals surface area contributed by atoms with Gasteiger partial charge in [-0.05, 0) is 41.6 Å². The van der Waals surface area contributed by atoms with Gasteiger partial charge in [-0.2, -0.15) is 0 Å². The minimum absolute atomic E-state index is 0.157. The molecule has 3 aliphatic rings. The highest BCUT2D eigenvalue weighted by atomic mass is 32.2. The predicted molar refractivity (Wildman–Crippen MR) is 140 cm³/mol. The summed E-state index contributed by atoms with van der Waals surface area (Å²) < 4.78 is 8.22. The van der Waals surface area contributed by atoms with Crippen molar-refractivity contribution in [2.75, 3.05) is 26.5 Å². The van der Waals surface area contributed by atoms with Crippen molar-refractivity contribution in [2.45, 2.75) is 17.6 Å². The van der Waals surface area contributed by atoms with Crippen molar-refractivity contribution in [3.05, 3.63) is 64.7 Å². The average Bonchev–Trinajstić information content (AvgIpc) is 3.50. The fraction of sp³-hybridized carbons (Fsp3) is 0.269. The topological polar surface area (TPSA) is 158 Å². The maximum Gasteiger partial charge on any atom is 0.323 e. The van der Waals surface area contributed by atoms with E-state index < -0.39 is 35.0 Å². The third-order valence-electron chi connectivity index (χ3n) is 6.79. The smallest absolute Gasteiger partial charge is 0.323 e. The van der Waals surface area contributed by atoms with Gasteiger partial charge in [-0.15, -0.1) is 0 Å². The molecule has 2 aromatic carbocycles. The molecule has 13 heteroatoms. The van der Waals surface area contributed by atoms with E-state index in [2.05, 4.69) is 37.8 Å². The van der Waals surface area contributed by atoms with Gasteiger partial charge in [0, 0.05) is 24.2 Å². The molecule has 2 fully saturated rings. The molecule has 0 spiro atoms. The normalized spacial score (nSPS) is 23.4. The predicted octanol–water partition coefficient (Wildman–Crippen LogP) is 0.183. The summed E-state index contributed by atoms with van der Waals surface area (Å²) in [5, 5.41) is 9.74. The molecule has 12 nitrogen and oxygen atoms in total. The standard InChI is InChI=1S/C26H24N6O6S/c1-38-18-8-5-16-12-32(20(33)19(16)11-18)14-25(21(34)28-23(36)30-25)10-9-15-3-6-17(7-4-15)26(13-27-39-2)22(35)29-24(37)31-26/h3-8,11,27H,12-14H2,1-2H3,(H2,28,30,34,36)(H2,29,31,35,37)/t25-,26+/m1/s1. The number of carbonyl (C=O) groups excluding carboxylic acids is 5. The Bertz CT molecular complexity index is 1470. The molecule has 0 aromatic heterocycles. The first-order valence-electron chi connectivity index (χ1n) is 11.8. The van der Waals surface area contributed by atoms with Gasteiger partial charge in [0.15, 0.2) is 5.54 Å². The molecule has 3 aliphatic heterocycles. The van der Waals surface area contributed by atoms with Crippen molar-refractivity contribution in [3.63, 3.8) is 0 Å². The fourth-order valence-electron chi connectivity index (χ4n) is 4.73. The first-order chi connectivity index (χ1) is 18.7. The van der Waals surface area contributed by atoms with Crippen LogP contribution in [0.25, 0.3) is 0 Å². The number of amides is 7. The van der Waals surface area contributed by atoms with Crippen LogP contribution in [0.1, 0.15) is 27.0 Å². The van der Waals surface area contributed by atoms with E-state index in [0.29, 0.717) is 22.4 Å². The Labute approximate surface area is 227 Å². The molecular formula is C26H24N6O6S. The van der Waals surface area contributed by atoms with E-state index >= 15 is 0 Å². The SMILES string of the molecule is COc1ccc2c(c1)C(=O)N(C[C@@]1(C#Cc3ccc([C@]4(CNSC)NC(=O)NC4=O)cc3)NC(=O)NC1=O)C2. The molecule has 5 rings (SSSR count). The first-order valence-corrected chi connectivity index (χ1v) is 13.0. The Morgan fingerprint density at radius 2 is 1.72 bits per heavy atom. The summed E-state index contributed by atoms with van der Waals surface area (Å²) >= 11 is 1.31. The van der Waals surface area contributed by atoms with Crippen LogP contribution in [0.3, 0.4) is 0 Å². The molecule has 7 amide bonds. The Morgan fingerprint density at radius 1 is 1.00 bits per heavy atom. The Hall–Kier alpha value is -4.54. The zero-order valence-electron chi connectivity index (χ0n) is 21.0. The summed E-state index contributed by atoms with van der Waals surface area (Å²) in [7, 11) is 1.51. The number of ether oxygens (including phenoxy) is 1. The van der Waals surface area contributed by atoms with Crippen LogP contribution in [0.2, 0.25) is 0 Å². The minimum Gasteiger partial charge on any atom is -0.497 e. The third kappa shape index (κ3) is 4.64. The van der Waals surface area contributed by atoms with Crippen LogP contribution in [0.5, 0.6) is 5.75 Å². The molecule has 0 bridgehead atoms. The Balaban J connectivity index is 1.41. The molecule has 0 aliphatic carbocycles. The molecule has 200 valence electrons. The van der Waals surface area contributed by atoms with Gasteiger partial charge in [0.1, 0.15) is 5.75 Å². The van der Waals surface area contributed by atoms with E-state index in [0.717, 1.165) is 5.56 Å². The zero-order chi connectivity index (χ0) is 27.8. The molecule has 39 heavy (non-hydrogen) atoms. The number of urea groups is 2. The number of benzene rings is 2. The van der Waals surface area contributed by atoms with Gasteiger partial charge in [-0.1, -0.05) is 42.0 Å². The third-order valence-corrected chi connectivity index (χ3v) is 7.22. The van der Waals surface area contributed by atoms with Gasteiger partial charge in [-0.3, -0.25) is 29.7 Å². The molecule has 0 saturated carbocycles. The van der Waals surface area contributed by atoms with E-state index in [-0.39, 0.29) is 25.5 Å². The van der Waals surface area contributed by atoms with Crippen molar-refractivity contribution in [1.82, 2.24) is 30.9 Å². The van der Waals surface area contributed by atoms with Crippen LogP contribution < -0.4 is 30.7 Å². The Kier molecular flexibility index (Phi) is 6.67. The highest BCUT2D eigenvalue weighted by Crippen LogP contribution is 2.29. The number of imide groups is 2. The van der Waals surface area contributed by atoms with E-state index in [1.165, 1.54) is 24.0 Å². The molecule has 2 aromatic rings. The van der Waals surface area contributed by atoms with Crippen LogP contribution in [0.15, 0.2) is 42.5 Å². The first kappa shape index (κ1) is 26.1. The van der Waals surface area contributed by atoms with Gasteiger partial charge >= 0.3 is 12.1 Å². The van der Waals surface area contributed by atoms with Gasteiger partial charge in [0.05, 0.1) is 13.7 Å². The number of hydrogen-bond donors (Lipinski definition) is 5. The lowest BCUT2D eigenvalue weighted by molar-refractivity contribution is -0.124. The van der Waals surface area contributed by atoms with Gasteiger partial charge in [0.25, 0.3) is 17.7 Å². The van der Waals surface area contributed by atoms with Gasteiger partial charge < -0.3 is 20.3 Å². The Morgan fingerprint density at radius 3 is 2.33 bits per heavy atom. The summed E-state index contributed by atoms with van der Waals surface area (Å²) in [5.41, 5.74) is -0.690. The molecule has 2 atom stereocenters. The largest absolute Gasteiger partial charge is 0.497 e. The highest BCUT2D eigenvalue weighted by molar-refractivity contribution is 7.96. The lowest BCUT2D eigenvalue weighted by Gasteiger charge is -2.26. The van der Waals surface area contributed by atoms with Crippen molar-refractivity contribution >= 4 is 41.7 Å². The van der Waals surface area contributed by atoms with Crippen molar-refractivity contribution in [3.8, 4) is 17.6 Å². The number of carbonyl (C=O) groups is 5. The van der Waals surface area contributed by atoms with Crippen molar-refractivity contribution in [1.29, 1.82) is 0 Å². The summed E-state index contributed by atoms with van der Waals surface area (Å²) in [5.74, 6) is 4.86. The van der Waals surface area contributed by atoms with E-state index in [1.807, 2.05) is 0 Å². The number of methoxy groups -OCH3 is 1. The lowest BCUT2D eigenvalue weighted by atomic mass is 9.89. The summed E-state index contributed by atoms with van der Waals surface area (Å²) in [6, 6.07) is 10.5. The van der Waals surface area contributed by atoms with E-state index in [1.54, 1.807) is 48.7 Å². The number of nitrogens with zero attached hydrogens (tertiary/aromatic N) is 1. The van der Waals surface area contributed by atoms with Crippen molar-refractivity contribution in [2.24, 2.45) is 0 Å². The number of rotatable bonds is 7. The second-order valence-electron chi connectivity index (χ2n) is 9.16. The van der Waals surface area contributed by atoms with Crippen LogP contribution >= 0.6 is 11.9 Å². The maximum atomic E-state index is 13.1. The number of nitrogens with one attached hydrogen (secondary N) is 5. The van der Waals surface area contributed by atoms with Gasteiger partial charge in [0.2, 0.25) is 5.54 Å². The molecule has 3 heterocycles. The molecule has 5 N–H and O–H groups in total. The summed E-state index contributed by atoms with van der Waals surface area (Å²) in [4.78, 5) is 64.0. The highest BCUT2D eigenvalue weighted by Gasteiger charge is 2.49. The fourth-order valence-corrected chi connectivity index (χ4v) is 5.09. The summed E-state index contributed by atoms with van der Waals surface area (Å²) in [6.45, 7) is 0.241. The quantitative estimate of drug-likeness (QED) is 0.186. The molecule has 0 unspecified atom stereocenters. The molecular weight excluding hydrogens is 524 g/mol. The monoisotopic (exact) mass is 548 g/mol. The van der Waals surface area contributed by atoms with Crippen LogP contribution in [-0.4, -0.2) is 66.7 Å². The second-order valence-corrected chi connectivity index (χ2v) is 9.86. The van der Waals surface area contributed by atoms with Crippen LogP contribution in [-0.2, 0) is 21.7 Å².